The minimum Gasteiger partial charge on any atom is -0.344 e. The molecule has 0 radical (unpaired) electrons. The Morgan fingerprint density at radius 3 is 2.71 bits per heavy atom. The Hall–Kier alpha value is -2.25. The van der Waals surface area contributed by atoms with Gasteiger partial charge in [-0.3, -0.25) is 9.78 Å². The molecule has 2 aromatic rings. The molecule has 0 bridgehead atoms. The van der Waals surface area contributed by atoms with Gasteiger partial charge in [-0.25, -0.2) is 0 Å². The molecule has 0 aliphatic rings. The van der Waals surface area contributed by atoms with Crippen molar-refractivity contribution >= 4 is 17.7 Å². The van der Waals surface area contributed by atoms with E-state index in [1.165, 1.54) is 0 Å². The fourth-order valence-corrected chi connectivity index (χ4v) is 2.36. The number of hydrogen-bond donors (Lipinski definition) is 1. The maximum atomic E-state index is 11.6. The van der Waals surface area contributed by atoms with Crippen molar-refractivity contribution in [1.29, 1.82) is 0 Å². The summed E-state index contributed by atoms with van der Waals surface area (Å²) in [4.78, 5) is 15.8. The normalized spacial score (nSPS) is 9.52. The quantitative estimate of drug-likeness (QED) is 0.862. The van der Waals surface area contributed by atoms with Crippen LogP contribution >= 0.6 is 11.8 Å². The van der Waals surface area contributed by atoms with E-state index in [9.17, 15) is 4.79 Å². The number of pyridine rings is 1. The molecule has 1 aromatic heterocycles. The van der Waals surface area contributed by atoms with Gasteiger partial charge in [0.05, 0.1) is 18.0 Å². The lowest BCUT2D eigenvalue weighted by Gasteiger charge is -2.01. The van der Waals surface area contributed by atoms with Crippen LogP contribution in [0.5, 0.6) is 0 Å². The van der Waals surface area contributed by atoms with Crippen molar-refractivity contribution in [3.8, 4) is 11.8 Å². The predicted molar refractivity (Wildman–Crippen MR) is 86.7 cm³/mol. The van der Waals surface area contributed by atoms with Crippen molar-refractivity contribution in [2.45, 2.75) is 5.75 Å². The van der Waals surface area contributed by atoms with Gasteiger partial charge in [-0.15, -0.1) is 11.8 Å². The van der Waals surface area contributed by atoms with E-state index < -0.39 is 0 Å². The molecule has 4 heteroatoms. The number of rotatable bonds is 5. The molecular weight excluding hydrogens is 280 g/mol. The smallest absolute Gasteiger partial charge is 0.230 e. The summed E-state index contributed by atoms with van der Waals surface area (Å²) in [5, 5.41) is 2.79. The Labute approximate surface area is 129 Å². The van der Waals surface area contributed by atoms with Crippen molar-refractivity contribution in [2.75, 3.05) is 12.3 Å². The molecule has 1 amide bonds. The number of aromatic nitrogens is 1. The molecule has 0 aliphatic heterocycles. The molecule has 106 valence electrons. The summed E-state index contributed by atoms with van der Waals surface area (Å²) in [5.74, 6) is 7.10. The van der Waals surface area contributed by atoms with Crippen LogP contribution in [-0.4, -0.2) is 23.2 Å². The zero-order valence-corrected chi connectivity index (χ0v) is 12.4. The molecule has 0 saturated carbocycles. The second-order valence-electron chi connectivity index (χ2n) is 4.26. The Morgan fingerprint density at radius 2 is 1.95 bits per heavy atom. The fourth-order valence-electron chi connectivity index (χ4n) is 1.59. The molecule has 0 fully saturated rings. The Kier molecular flexibility index (Phi) is 6.37. The molecule has 0 saturated heterocycles. The lowest BCUT2D eigenvalue weighted by atomic mass is 10.2. The molecule has 0 atom stereocenters. The summed E-state index contributed by atoms with van der Waals surface area (Å²) in [7, 11) is 0. The number of benzene rings is 1. The summed E-state index contributed by atoms with van der Waals surface area (Å²) in [6.07, 6.45) is 1.76. The summed E-state index contributed by atoms with van der Waals surface area (Å²) >= 11 is 1.55. The van der Waals surface area contributed by atoms with Gasteiger partial charge in [0, 0.05) is 17.5 Å². The van der Waals surface area contributed by atoms with Crippen LogP contribution < -0.4 is 5.32 Å². The third kappa shape index (κ3) is 6.15. The molecular formula is C17H16N2OS. The van der Waals surface area contributed by atoms with E-state index in [0.717, 1.165) is 17.0 Å². The third-order valence-electron chi connectivity index (χ3n) is 2.59. The molecule has 2 rings (SSSR count). The summed E-state index contributed by atoms with van der Waals surface area (Å²) in [6.45, 7) is 0.373. The molecule has 1 heterocycles. The molecule has 21 heavy (non-hydrogen) atoms. The average molecular weight is 296 g/mol. The minimum absolute atomic E-state index is 0.00158. The number of thioether (sulfide) groups is 1. The first-order valence-corrected chi connectivity index (χ1v) is 7.78. The second kappa shape index (κ2) is 8.83. The first-order valence-electron chi connectivity index (χ1n) is 6.63. The molecule has 1 N–H and O–H groups in total. The second-order valence-corrected chi connectivity index (χ2v) is 5.24. The van der Waals surface area contributed by atoms with Crippen molar-refractivity contribution < 1.29 is 4.79 Å². The average Bonchev–Trinajstić information content (AvgIpc) is 2.54. The SMILES string of the molecule is O=C(CSCc1ccccn1)NCC#Cc1ccccc1. The topological polar surface area (TPSA) is 42.0 Å². The third-order valence-corrected chi connectivity index (χ3v) is 3.56. The van der Waals surface area contributed by atoms with E-state index in [1.807, 2.05) is 48.5 Å². The van der Waals surface area contributed by atoms with Gasteiger partial charge in [0.1, 0.15) is 0 Å². The molecule has 1 aromatic carbocycles. The van der Waals surface area contributed by atoms with Crippen LogP contribution in [0.25, 0.3) is 0 Å². The monoisotopic (exact) mass is 296 g/mol. The number of carbonyl (C=O) groups is 1. The van der Waals surface area contributed by atoms with Crippen molar-refractivity contribution in [3.63, 3.8) is 0 Å². The van der Waals surface area contributed by atoms with E-state index in [-0.39, 0.29) is 5.91 Å². The highest BCUT2D eigenvalue weighted by atomic mass is 32.2. The molecule has 0 unspecified atom stereocenters. The van der Waals surface area contributed by atoms with Crippen LogP contribution in [0.4, 0.5) is 0 Å². The van der Waals surface area contributed by atoms with Gasteiger partial charge in [-0.05, 0) is 24.3 Å². The van der Waals surface area contributed by atoms with Crippen molar-refractivity contribution in [1.82, 2.24) is 10.3 Å². The number of amides is 1. The highest BCUT2D eigenvalue weighted by Gasteiger charge is 2.00. The van der Waals surface area contributed by atoms with Crippen LogP contribution in [0.15, 0.2) is 54.7 Å². The van der Waals surface area contributed by atoms with E-state index >= 15 is 0 Å². The van der Waals surface area contributed by atoms with Crippen LogP contribution in [0.3, 0.4) is 0 Å². The lowest BCUT2D eigenvalue weighted by Crippen LogP contribution is -2.25. The van der Waals surface area contributed by atoms with Gasteiger partial charge in [-0.1, -0.05) is 36.1 Å². The predicted octanol–water partition coefficient (Wildman–Crippen LogP) is 2.48. The van der Waals surface area contributed by atoms with E-state index in [4.69, 9.17) is 0 Å². The van der Waals surface area contributed by atoms with Gasteiger partial charge in [0.15, 0.2) is 0 Å². The van der Waals surface area contributed by atoms with Crippen LogP contribution in [0.2, 0.25) is 0 Å². The highest BCUT2D eigenvalue weighted by molar-refractivity contribution is 7.99. The number of nitrogens with zero attached hydrogens (tertiary/aromatic N) is 1. The zero-order valence-electron chi connectivity index (χ0n) is 11.6. The largest absolute Gasteiger partial charge is 0.344 e. The zero-order chi connectivity index (χ0) is 14.8. The van der Waals surface area contributed by atoms with E-state index in [2.05, 4.69) is 22.1 Å². The molecule has 3 nitrogen and oxygen atoms in total. The standard InChI is InChI=1S/C17H16N2OS/c20-17(14-21-13-16-10-4-5-11-18-16)19-12-6-9-15-7-2-1-3-8-15/h1-5,7-8,10-11H,12-14H2,(H,19,20). The number of nitrogens with one attached hydrogen (secondary N) is 1. The van der Waals surface area contributed by atoms with Crippen molar-refractivity contribution in [3.05, 3.63) is 66.0 Å². The summed E-state index contributed by atoms with van der Waals surface area (Å²) in [5.41, 5.74) is 1.94. The first-order chi connectivity index (χ1) is 10.3. The molecule has 0 spiro atoms. The van der Waals surface area contributed by atoms with Crippen LogP contribution in [0, 0.1) is 11.8 Å². The van der Waals surface area contributed by atoms with Crippen LogP contribution in [-0.2, 0) is 10.5 Å². The van der Waals surface area contributed by atoms with Crippen LogP contribution in [0.1, 0.15) is 11.3 Å². The van der Waals surface area contributed by atoms with Gasteiger partial charge >= 0.3 is 0 Å². The number of carbonyl (C=O) groups excluding carboxylic acids is 1. The summed E-state index contributed by atoms with van der Waals surface area (Å²) < 4.78 is 0. The van der Waals surface area contributed by atoms with E-state index in [0.29, 0.717) is 12.3 Å². The maximum Gasteiger partial charge on any atom is 0.230 e. The van der Waals surface area contributed by atoms with E-state index in [1.54, 1.807) is 18.0 Å². The molecule has 0 aliphatic carbocycles. The lowest BCUT2D eigenvalue weighted by molar-refractivity contribution is -0.118. The Morgan fingerprint density at radius 1 is 1.14 bits per heavy atom. The van der Waals surface area contributed by atoms with Gasteiger partial charge in [0.25, 0.3) is 0 Å². The van der Waals surface area contributed by atoms with Gasteiger partial charge < -0.3 is 5.32 Å². The van der Waals surface area contributed by atoms with Gasteiger partial charge in [0.2, 0.25) is 5.91 Å². The number of hydrogen-bond acceptors (Lipinski definition) is 3. The fraction of sp³-hybridized carbons (Fsp3) is 0.176. The minimum atomic E-state index is -0.00158. The highest BCUT2D eigenvalue weighted by Crippen LogP contribution is 2.08. The maximum absolute atomic E-state index is 11.6. The Balaban J connectivity index is 1.63. The first kappa shape index (κ1) is 15.1. The Bertz CT molecular complexity index is 617. The summed E-state index contributed by atoms with van der Waals surface area (Å²) in [6, 6.07) is 15.5. The van der Waals surface area contributed by atoms with Gasteiger partial charge in [-0.2, -0.15) is 0 Å². The van der Waals surface area contributed by atoms with Crippen molar-refractivity contribution in [2.24, 2.45) is 0 Å².